The van der Waals surface area contributed by atoms with Crippen molar-refractivity contribution in [1.29, 1.82) is 0 Å². The zero-order chi connectivity index (χ0) is 26.7. The van der Waals surface area contributed by atoms with Crippen LogP contribution in [0.3, 0.4) is 0 Å². The maximum atomic E-state index is 15.1. The number of nitrogens with zero attached hydrogens (tertiary/aromatic N) is 1. The maximum absolute atomic E-state index is 15.1. The number of carbonyl (C=O) groups is 2. The van der Waals surface area contributed by atoms with E-state index < -0.39 is 11.0 Å². The second-order valence-electron chi connectivity index (χ2n) is 10.8. The first-order chi connectivity index (χ1) is 18.2. The van der Waals surface area contributed by atoms with E-state index >= 15 is 4.79 Å². The number of ether oxygens (including phenoxy) is 1. The number of carbonyl (C=O) groups excluding carboxylic acids is 2. The van der Waals surface area contributed by atoms with Gasteiger partial charge in [0.15, 0.2) is 5.78 Å². The number of benzene rings is 4. The van der Waals surface area contributed by atoms with Gasteiger partial charge < -0.3 is 9.84 Å². The van der Waals surface area contributed by atoms with Crippen molar-refractivity contribution in [2.75, 3.05) is 4.90 Å². The largest absolute Gasteiger partial charge is 0.507 e. The summed E-state index contributed by atoms with van der Waals surface area (Å²) in [5.41, 5.74) is 2.70. The Morgan fingerprint density at radius 3 is 2.05 bits per heavy atom. The summed E-state index contributed by atoms with van der Waals surface area (Å²) in [4.78, 5) is 29.4. The first-order valence-corrected chi connectivity index (χ1v) is 12.8. The van der Waals surface area contributed by atoms with Gasteiger partial charge in [-0.15, -0.1) is 0 Å². The molecule has 0 aliphatic carbocycles. The summed E-state index contributed by atoms with van der Waals surface area (Å²) in [6.45, 7) is 5.33. The molecule has 1 N–H and O–H groups in total. The van der Waals surface area contributed by atoms with Gasteiger partial charge in [0, 0.05) is 23.7 Å². The molecule has 1 spiro atoms. The van der Waals surface area contributed by atoms with E-state index in [1.54, 1.807) is 6.07 Å². The van der Waals surface area contributed by atoms with Crippen LogP contribution in [0.1, 0.15) is 65.8 Å². The summed E-state index contributed by atoms with van der Waals surface area (Å²) in [5.74, 6) is -0.0719. The Balaban J connectivity index is 1.65. The van der Waals surface area contributed by atoms with E-state index in [-0.39, 0.29) is 29.0 Å². The Bertz CT molecular complexity index is 1520. The number of Topliss-reactive ketones (excluding diaryl/α,β-unsaturated/α-hetero) is 1. The van der Waals surface area contributed by atoms with Crippen molar-refractivity contribution in [3.8, 4) is 11.5 Å². The fraction of sp³-hybridized carbons (Fsp3) is 0.212. The van der Waals surface area contributed by atoms with E-state index in [4.69, 9.17) is 4.74 Å². The third-order valence-electron chi connectivity index (χ3n) is 7.71. The number of amides is 1. The minimum Gasteiger partial charge on any atom is -0.507 e. The van der Waals surface area contributed by atoms with E-state index in [1.807, 2.05) is 104 Å². The quantitative estimate of drug-likeness (QED) is 0.320. The minimum absolute atomic E-state index is 0.0748. The predicted octanol–water partition coefficient (Wildman–Crippen LogP) is 6.58. The van der Waals surface area contributed by atoms with E-state index in [2.05, 4.69) is 0 Å². The van der Waals surface area contributed by atoms with Gasteiger partial charge in [0.25, 0.3) is 0 Å². The predicted molar refractivity (Wildman–Crippen MR) is 147 cm³/mol. The molecule has 1 atom stereocenters. The minimum atomic E-state index is -1.09. The van der Waals surface area contributed by atoms with Crippen molar-refractivity contribution in [3.63, 3.8) is 0 Å². The highest BCUT2D eigenvalue weighted by Crippen LogP contribution is 2.58. The molecule has 0 saturated carbocycles. The van der Waals surface area contributed by atoms with Gasteiger partial charge in [-0.1, -0.05) is 78.9 Å². The van der Waals surface area contributed by atoms with Crippen molar-refractivity contribution < 1.29 is 19.4 Å². The molecular formula is C33H29NO4. The molecule has 4 aromatic rings. The van der Waals surface area contributed by atoms with Crippen LogP contribution in [0, 0.1) is 0 Å². The molecule has 5 heteroatoms. The average Bonchev–Trinajstić information content (AvgIpc) is 3.12. The second kappa shape index (κ2) is 8.59. The second-order valence-corrected chi connectivity index (χ2v) is 10.8. The lowest BCUT2D eigenvalue weighted by atomic mass is 9.66. The van der Waals surface area contributed by atoms with Crippen molar-refractivity contribution in [3.05, 3.63) is 125 Å². The number of hydrogen-bond donors (Lipinski definition) is 1. The molecule has 0 fully saturated rings. The van der Waals surface area contributed by atoms with E-state index in [9.17, 15) is 9.90 Å². The van der Waals surface area contributed by atoms with Gasteiger partial charge in [-0.3, -0.25) is 14.5 Å². The molecule has 0 aromatic heterocycles. The average molecular weight is 504 g/mol. The zero-order valence-electron chi connectivity index (χ0n) is 21.6. The highest BCUT2D eigenvalue weighted by Gasteiger charge is 2.59. The van der Waals surface area contributed by atoms with Gasteiger partial charge in [0.05, 0.1) is 11.6 Å². The summed E-state index contributed by atoms with van der Waals surface area (Å²) >= 11 is 0. The lowest BCUT2D eigenvalue weighted by Crippen LogP contribution is -2.51. The molecule has 4 aromatic carbocycles. The molecule has 0 bridgehead atoms. The standard InChI is InChI=1S/C33H29NO4/c1-21(35)24-18-26-29(19-28(24)36)38-32(2,3)20-33(26)25-16-10-11-17-27(25)34(31(33)37)30(22-12-6-4-7-13-22)23-14-8-5-9-15-23/h4-19,30,36H,20H2,1-3H3. The lowest BCUT2D eigenvalue weighted by molar-refractivity contribution is -0.124. The number of hydrogen-bond acceptors (Lipinski definition) is 4. The number of para-hydroxylation sites is 1. The van der Waals surface area contributed by atoms with Crippen LogP contribution >= 0.6 is 0 Å². The summed E-state index contributed by atoms with van der Waals surface area (Å²) in [5, 5.41) is 10.6. The summed E-state index contributed by atoms with van der Waals surface area (Å²) in [6, 6.07) is 30.8. The molecule has 2 aliphatic rings. The van der Waals surface area contributed by atoms with Crippen LogP contribution in [0.4, 0.5) is 5.69 Å². The smallest absolute Gasteiger partial charge is 0.243 e. The van der Waals surface area contributed by atoms with Gasteiger partial charge >= 0.3 is 0 Å². The third kappa shape index (κ3) is 3.53. The molecule has 1 unspecified atom stereocenters. The molecule has 1 amide bonds. The van der Waals surface area contributed by atoms with Crippen LogP contribution in [0.2, 0.25) is 0 Å². The van der Waals surface area contributed by atoms with Crippen LogP contribution in [0.25, 0.3) is 0 Å². The monoisotopic (exact) mass is 503 g/mol. The Labute approximate surface area is 222 Å². The van der Waals surface area contributed by atoms with Crippen molar-refractivity contribution in [1.82, 2.24) is 0 Å². The summed E-state index contributed by atoms with van der Waals surface area (Å²) < 4.78 is 6.31. The van der Waals surface area contributed by atoms with Gasteiger partial charge in [-0.25, -0.2) is 0 Å². The van der Waals surface area contributed by atoms with Crippen LogP contribution in [0.15, 0.2) is 97.1 Å². The van der Waals surface area contributed by atoms with Crippen LogP contribution < -0.4 is 9.64 Å². The van der Waals surface area contributed by atoms with Crippen LogP contribution in [-0.4, -0.2) is 22.4 Å². The van der Waals surface area contributed by atoms with Gasteiger partial charge in [0.2, 0.25) is 5.91 Å². The molecule has 0 radical (unpaired) electrons. The molecule has 190 valence electrons. The summed E-state index contributed by atoms with van der Waals surface area (Å²) in [6.07, 6.45) is 0.387. The highest BCUT2D eigenvalue weighted by molar-refractivity contribution is 6.12. The van der Waals surface area contributed by atoms with Crippen LogP contribution in [-0.2, 0) is 10.2 Å². The Morgan fingerprint density at radius 1 is 0.868 bits per heavy atom. The van der Waals surface area contributed by atoms with Crippen LogP contribution in [0.5, 0.6) is 11.5 Å². The van der Waals surface area contributed by atoms with E-state index in [1.165, 1.54) is 13.0 Å². The molecule has 38 heavy (non-hydrogen) atoms. The Hall–Kier alpha value is -4.38. The number of phenols is 1. The lowest BCUT2D eigenvalue weighted by Gasteiger charge is -2.44. The molecular weight excluding hydrogens is 474 g/mol. The maximum Gasteiger partial charge on any atom is 0.243 e. The van der Waals surface area contributed by atoms with E-state index in [0.717, 1.165) is 22.4 Å². The number of rotatable bonds is 4. The number of aromatic hydroxyl groups is 1. The third-order valence-corrected chi connectivity index (χ3v) is 7.71. The van der Waals surface area contributed by atoms with Gasteiger partial charge in [0.1, 0.15) is 22.5 Å². The fourth-order valence-electron chi connectivity index (χ4n) is 6.26. The fourth-order valence-corrected chi connectivity index (χ4v) is 6.26. The first kappa shape index (κ1) is 24.0. The molecule has 6 rings (SSSR count). The normalized spacial score (nSPS) is 19.3. The highest BCUT2D eigenvalue weighted by atomic mass is 16.5. The number of fused-ring (bicyclic) bond motifs is 4. The van der Waals surface area contributed by atoms with Crippen molar-refractivity contribution in [2.45, 2.75) is 44.2 Å². The molecule has 0 saturated heterocycles. The van der Waals surface area contributed by atoms with Gasteiger partial charge in [-0.05, 0) is 49.6 Å². The number of phenolic OH excluding ortho intramolecular Hbond substituents is 1. The number of ketones is 1. The topological polar surface area (TPSA) is 66.8 Å². The van der Waals surface area contributed by atoms with Crippen molar-refractivity contribution in [2.24, 2.45) is 0 Å². The van der Waals surface area contributed by atoms with E-state index in [0.29, 0.717) is 17.7 Å². The number of anilines is 1. The molecule has 2 heterocycles. The first-order valence-electron chi connectivity index (χ1n) is 12.8. The van der Waals surface area contributed by atoms with Gasteiger partial charge in [-0.2, -0.15) is 0 Å². The zero-order valence-corrected chi connectivity index (χ0v) is 21.6. The SMILES string of the molecule is CC(=O)c1cc2c(cc1O)OC(C)(C)CC21C(=O)N(C(c2ccccc2)c2ccccc2)c2ccccc21. The molecule has 2 aliphatic heterocycles. The van der Waals surface area contributed by atoms with Crippen molar-refractivity contribution >= 4 is 17.4 Å². The molecule has 5 nitrogen and oxygen atoms in total. The Kier molecular flexibility index (Phi) is 5.42. The Morgan fingerprint density at radius 2 is 1.45 bits per heavy atom. The summed E-state index contributed by atoms with van der Waals surface area (Å²) in [7, 11) is 0.